The van der Waals surface area contributed by atoms with E-state index in [0.717, 1.165) is 38.5 Å². The molecule has 1 N–H and O–H groups in total. The molecule has 1 aromatic carbocycles. The lowest BCUT2D eigenvalue weighted by molar-refractivity contribution is 0.195. The van der Waals surface area contributed by atoms with Crippen molar-refractivity contribution in [1.82, 2.24) is 10.2 Å². The molecular weight excluding hydrogens is 238 g/mol. The zero-order valence-electron chi connectivity index (χ0n) is 12.2. The molecule has 1 saturated heterocycles. The van der Waals surface area contributed by atoms with Crippen LogP contribution >= 0.6 is 0 Å². The summed E-state index contributed by atoms with van der Waals surface area (Å²) in [6, 6.07) is 8.88. The Labute approximate surface area is 116 Å². The van der Waals surface area contributed by atoms with E-state index in [0.29, 0.717) is 6.04 Å². The summed E-state index contributed by atoms with van der Waals surface area (Å²) in [6.07, 6.45) is 0. The summed E-state index contributed by atoms with van der Waals surface area (Å²) in [7, 11) is 3.76. The number of para-hydroxylation sites is 2. The highest BCUT2D eigenvalue weighted by Gasteiger charge is 2.22. The van der Waals surface area contributed by atoms with E-state index in [-0.39, 0.29) is 0 Å². The van der Waals surface area contributed by atoms with Crippen molar-refractivity contribution in [3.8, 4) is 5.75 Å². The molecule has 0 aliphatic carbocycles. The predicted octanol–water partition coefficient (Wildman–Crippen LogP) is 1.43. The molecule has 19 heavy (non-hydrogen) atoms. The van der Waals surface area contributed by atoms with E-state index in [1.165, 1.54) is 5.69 Å². The third kappa shape index (κ3) is 3.39. The molecule has 1 heterocycles. The summed E-state index contributed by atoms with van der Waals surface area (Å²) in [5, 5.41) is 3.25. The highest BCUT2D eigenvalue weighted by molar-refractivity contribution is 5.58. The Kier molecular flexibility index (Phi) is 5.05. The Balaban J connectivity index is 1.96. The second-order valence-electron chi connectivity index (χ2n) is 5.10. The zero-order chi connectivity index (χ0) is 13.7. The molecule has 0 bridgehead atoms. The molecule has 0 radical (unpaired) electrons. The number of hydrogen-bond acceptors (Lipinski definition) is 4. The number of hydrogen-bond donors (Lipinski definition) is 1. The van der Waals surface area contributed by atoms with Crippen LogP contribution in [-0.2, 0) is 0 Å². The van der Waals surface area contributed by atoms with Gasteiger partial charge in [0.25, 0.3) is 0 Å². The number of benzene rings is 1. The number of ether oxygens (including phenoxy) is 1. The monoisotopic (exact) mass is 263 g/mol. The zero-order valence-corrected chi connectivity index (χ0v) is 12.2. The summed E-state index contributed by atoms with van der Waals surface area (Å²) in [4.78, 5) is 4.96. The van der Waals surface area contributed by atoms with Crippen molar-refractivity contribution in [3.63, 3.8) is 0 Å². The Morgan fingerprint density at radius 2 is 1.89 bits per heavy atom. The molecule has 0 spiro atoms. The van der Waals surface area contributed by atoms with Crippen molar-refractivity contribution in [2.24, 2.45) is 0 Å². The van der Waals surface area contributed by atoms with Crippen LogP contribution in [0.25, 0.3) is 0 Å². The molecule has 0 amide bonds. The fourth-order valence-electron chi connectivity index (χ4n) is 2.72. The lowest BCUT2D eigenvalue weighted by Crippen LogP contribution is -2.51. The molecule has 106 valence electrons. The number of likely N-dealkylation sites (N-methyl/N-ethyl adjacent to an activating group) is 1. The SMILES string of the molecule is CNCC(C)N1CCN(c2ccccc2OC)CC1. The van der Waals surface area contributed by atoms with E-state index in [4.69, 9.17) is 4.74 Å². The van der Waals surface area contributed by atoms with Crippen molar-refractivity contribution in [1.29, 1.82) is 0 Å². The summed E-state index contributed by atoms with van der Waals surface area (Å²) in [6.45, 7) is 7.69. The highest BCUT2D eigenvalue weighted by Crippen LogP contribution is 2.28. The Morgan fingerprint density at radius 1 is 1.21 bits per heavy atom. The van der Waals surface area contributed by atoms with E-state index in [1.54, 1.807) is 7.11 Å². The third-order valence-electron chi connectivity index (χ3n) is 3.86. The van der Waals surface area contributed by atoms with Gasteiger partial charge in [-0.3, -0.25) is 4.90 Å². The molecule has 1 atom stereocenters. The average Bonchev–Trinajstić information content (AvgIpc) is 2.47. The number of rotatable bonds is 5. The quantitative estimate of drug-likeness (QED) is 0.869. The molecular formula is C15H25N3O. The largest absolute Gasteiger partial charge is 0.495 e. The first-order chi connectivity index (χ1) is 9.26. The number of methoxy groups -OCH3 is 1. The second kappa shape index (κ2) is 6.78. The lowest BCUT2D eigenvalue weighted by Gasteiger charge is -2.39. The van der Waals surface area contributed by atoms with Crippen LogP contribution in [0.15, 0.2) is 24.3 Å². The van der Waals surface area contributed by atoms with E-state index in [1.807, 2.05) is 19.2 Å². The number of nitrogens with one attached hydrogen (secondary N) is 1. The summed E-state index contributed by atoms with van der Waals surface area (Å²) in [5.41, 5.74) is 1.21. The smallest absolute Gasteiger partial charge is 0.142 e. The van der Waals surface area contributed by atoms with Gasteiger partial charge in [-0.1, -0.05) is 12.1 Å². The van der Waals surface area contributed by atoms with Crippen molar-refractivity contribution in [3.05, 3.63) is 24.3 Å². The van der Waals surface area contributed by atoms with Crippen molar-refractivity contribution < 1.29 is 4.74 Å². The summed E-state index contributed by atoms with van der Waals surface area (Å²) < 4.78 is 5.45. The Hall–Kier alpha value is -1.26. The summed E-state index contributed by atoms with van der Waals surface area (Å²) in [5.74, 6) is 0.972. The van der Waals surface area contributed by atoms with Gasteiger partial charge in [0, 0.05) is 38.8 Å². The topological polar surface area (TPSA) is 27.7 Å². The molecule has 2 rings (SSSR count). The van der Waals surface area contributed by atoms with Gasteiger partial charge in [0.1, 0.15) is 5.75 Å². The van der Waals surface area contributed by atoms with Gasteiger partial charge in [0.05, 0.1) is 12.8 Å². The molecule has 0 saturated carbocycles. The van der Waals surface area contributed by atoms with Crippen LogP contribution in [0.3, 0.4) is 0 Å². The maximum atomic E-state index is 5.45. The molecule has 1 aromatic rings. The number of piperazine rings is 1. The number of anilines is 1. The Bertz CT molecular complexity index is 389. The fourth-order valence-corrected chi connectivity index (χ4v) is 2.72. The standard InChI is InChI=1S/C15H25N3O/c1-13(12-16-2)17-8-10-18(11-9-17)14-6-4-5-7-15(14)19-3/h4-7,13,16H,8-12H2,1-3H3. The van der Waals surface area contributed by atoms with Crippen LogP contribution in [0.1, 0.15) is 6.92 Å². The minimum atomic E-state index is 0.602. The minimum absolute atomic E-state index is 0.602. The van der Waals surface area contributed by atoms with Gasteiger partial charge in [-0.2, -0.15) is 0 Å². The van der Waals surface area contributed by atoms with Crippen LogP contribution in [0.4, 0.5) is 5.69 Å². The van der Waals surface area contributed by atoms with Crippen LogP contribution in [-0.4, -0.2) is 57.8 Å². The molecule has 1 unspecified atom stereocenters. The van der Waals surface area contributed by atoms with E-state index < -0.39 is 0 Å². The van der Waals surface area contributed by atoms with Crippen molar-refractivity contribution >= 4 is 5.69 Å². The maximum absolute atomic E-state index is 5.45. The maximum Gasteiger partial charge on any atom is 0.142 e. The average molecular weight is 263 g/mol. The van der Waals surface area contributed by atoms with Crippen LogP contribution in [0.5, 0.6) is 5.75 Å². The van der Waals surface area contributed by atoms with Gasteiger partial charge in [-0.15, -0.1) is 0 Å². The molecule has 4 nitrogen and oxygen atoms in total. The van der Waals surface area contributed by atoms with Crippen LogP contribution in [0.2, 0.25) is 0 Å². The first-order valence-corrected chi connectivity index (χ1v) is 7.03. The molecule has 1 aliphatic rings. The molecule has 1 aliphatic heterocycles. The minimum Gasteiger partial charge on any atom is -0.495 e. The molecule has 4 heteroatoms. The van der Waals surface area contributed by atoms with Gasteiger partial charge < -0.3 is 15.0 Å². The van der Waals surface area contributed by atoms with Crippen LogP contribution in [0, 0.1) is 0 Å². The normalized spacial score (nSPS) is 18.4. The molecule has 0 aromatic heterocycles. The first kappa shape index (κ1) is 14.2. The van der Waals surface area contributed by atoms with Crippen molar-refractivity contribution in [2.75, 3.05) is 51.8 Å². The van der Waals surface area contributed by atoms with Gasteiger partial charge in [0.15, 0.2) is 0 Å². The third-order valence-corrected chi connectivity index (χ3v) is 3.86. The number of nitrogens with zero attached hydrogens (tertiary/aromatic N) is 2. The predicted molar refractivity (Wildman–Crippen MR) is 80.2 cm³/mol. The van der Waals surface area contributed by atoms with Gasteiger partial charge in [-0.05, 0) is 26.1 Å². The van der Waals surface area contributed by atoms with Gasteiger partial charge >= 0.3 is 0 Å². The van der Waals surface area contributed by atoms with E-state index >= 15 is 0 Å². The van der Waals surface area contributed by atoms with E-state index in [2.05, 4.69) is 34.2 Å². The van der Waals surface area contributed by atoms with E-state index in [9.17, 15) is 0 Å². The summed E-state index contributed by atoms with van der Waals surface area (Å²) >= 11 is 0. The Morgan fingerprint density at radius 3 is 2.53 bits per heavy atom. The van der Waals surface area contributed by atoms with Crippen LogP contribution < -0.4 is 15.0 Å². The highest BCUT2D eigenvalue weighted by atomic mass is 16.5. The molecule has 1 fully saturated rings. The lowest BCUT2D eigenvalue weighted by atomic mass is 10.2. The van der Waals surface area contributed by atoms with Gasteiger partial charge in [-0.25, -0.2) is 0 Å². The first-order valence-electron chi connectivity index (χ1n) is 7.03. The second-order valence-corrected chi connectivity index (χ2v) is 5.10. The fraction of sp³-hybridized carbons (Fsp3) is 0.600. The van der Waals surface area contributed by atoms with Crippen molar-refractivity contribution in [2.45, 2.75) is 13.0 Å². The van der Waals surface area contributed by atoms with Gasteiger partial charge in [0.2, 0.25) is 0 Å².